The summed E-state index contributed by atoms with van der Waals surface area (Å²) in [7, 11) is 0. The van der Waals surface area contributed by atoms with Crippen LogP contribution in [0.2, 0.25) is 0 Å². The summed E-state index contributed by atoms with van der Waals surface area (Å²) in [6.07, 6.45) is 1.70. The maximum absolute atomic E-state index is 6.48. The second-order valence-electron chi connectivity index (χ2n) is 11.7. The van der Waals surface area contributed by atoms with Crippen molar-refractivity contribution in [3.05, 3.63) is 152 Å². The molecule has 10 rings (SSSR count). The molecule has 0 N–H and O–H groups in total. The molecule has 0 aliphatic rings. The highest BCUT2D eigenvalue weighted by Crippen LogP contribution is 2.45. The summed E-state index contributed by atoms with van der Waals surface area (Å²) >= 11 is 0. The van der Waals surface area contributed by atoms with Gasteiger partial charge in [-0.15, -0.1) is 0 Å². The van der Waals surface area contributed by atoms with E-state index in [-0.39, 0.29) is 0 Å². The lowest BCUT2D eigenvalue weighted by atomic mass is 9.99. The van der Waals surface area contributed by atoms with E-state index in [1.54, 1.807) is 6.26 Å². The van der Waals surface area contributed by atoms with Gasteiger partial charge in [0, 0.05) is 56.0 Å². The largest absolute Gasteiger partial charge is 0.464 e. The molecule has 0 spiro atoms. The molecule has 4 nitrogen and oxygen atoms in total. The van der Waals surface area contributed by atoms with Crippen molar-refractivity contribution in [3.63, 3.8) is 0 Å². The third-order valence-corrected chi connectivity index (χ3v) is 9.13. The Morgan fingerprint density at radius 2 is 1.02 bits per heavy atom. The van der Waals surface area contributed by atoms with Gasteiger partial charge in [0.1, 0.15) is 28.1 Å². The van der Waals surface area contributed by atoms with Gasteiger partial charge in [0.05, 0.1) is 12.0 Å². The molecule has 3 heterocycles. The Hall–Kier alpha value is -6.26. The molecule has 46 heavy (non-hydrogen) atoms. The van der Waals surface area contributed by atoms with Crippen LogP contribution in [0.3, 0.4) is 0 Å². The van der Waals surface area contributed by atoms with Crippen LogP contribution in [0.4, 0.5) is 17.1 Å². The first-order valence-electron chi connectivity index (χ1n) is 15.4. The number of anilines is 3. The van der Waals surface area contributed by atoms with Crippen molar-refractivity contribution in [3.8, 4) is 11.3 Å². The number of hydrogen-bond donors (Lipinski definition) is 0. The molecule has 0 atom stereocenters. The molecular formula is C42H25NO3. The highest BCUT2D eigenvalue weighted by molar-refractivity contribution is 6.15. The lowest BCUT2D eigenvalue weighted by Crippen LogP contribution is -2.10. The van der Waals surface area contributed by atoms with Crippen LogP contribution in [-0.4, -0.2) is 0 Å². The van der Waals surface area contributed by atoms with E-state index in [2.05, 4.69) is 114 Å². The second-order valence-corrected chi connectivity index (χ2v) is 11.7. The summed E-state index contributed by atoms with van der Waals surface area (Å²) in [4.78, 5) is 2.32. The molecule has 7 aromatic carbocycles. The maximum Gasteiger partial charge on any atom is 0.137 e. The van der Waals surface area contributed by atoms with E-state index >= 15 is 0 Å². The van der Waals surface area contributed by atoms with Gasteiger partial charge in [-0.3, -0.25) is 0 Å². The Bertz CT molecular complexity index is 2770. The van der Waals surface area contributed by atoms with Crippen molar-refractivity contribution < 1.29 is 13.3 Å². The monoisotopic (exact) mass is 591 g/mol. The van der Waals surface area contributed by atoms with Gasteiger partial charge in [0.25, 0.3) is 0 Å². The summed E-state index contributed by atoms with van der Waals surface area (Å²) in [6, 6.07) is 50.8. The summed E-state index contributed by atoms with van der Waals surface area (Å²) in [5.74, 6) is 0.836. The fourth-order valence-corrected chi connectivity index (χ4v) is 7.00. The van der Waals surface area contributed by atoms with Gasteiger partial charge in [0.2, 0.25) is 0 Å². The molecule has 4 heteroatoms. The number of rotatable bonds is 4. The number of para-hydroxylation sites is 1. The molecular weight excluding hydrogens is 566 g/mol. The van der Waals surface area contributed by atoms with Gasteiger partial charge in [-0.1, -0.05) is 66.7 Å². The van der Waals surface area contributed by atoms with Gasteiger partial charge in [0.15, 0.2) is 0 Å². The molecule has 10 aromatic rings. The highest BCUT2D eigenvalue weighted by atomic mass is 16.3. The first-order valence-corrected chi connectivity index (χ1v) is 15.4. The van der Waals surface area contributed by atoms with Crippen molar-refractivity contribution >= 4 is 82.5 Å². The third-order valence-electron chi connectivity index (χ3n) is 9.13. The molecule has 0 radical (unpaired) electrons. The lowest BCUT2D eigenvalue weighted by Gasteiger charge is -2.27. The summed E-state index contributed by atoms with van der Waals surface area (Å²) in [5.41, 5.74) is 7.50. The Kier molecular flexibility index (Phi) is 5.25. The van der Waals surface area contributed by atoms with Crippen molar-refractivity contribution in [2.75, 3.05) is 4.90 Å². The number of hydrogen-bond acceptors (Lipinski definition) is 4. The molecule has 0 unspecified atom stereocenters. The van der Waals surface area contributed by atoms with E-state index in [1.807, 2.05) is 36.4 Å². The smallest absolute Gasteiger partial charge is 0.137 e. The molecule has 3 aromatic heterocycles. The quantitative estimate of drug-likeness (QED) is 0.191. The second kappa shape index (κ2) is 9.62. The fourth-order valence-electron chi connectivity index (χ4n) is 7.00. The van der Waals surface area contributed by atoms with Gasteiger partial charge >= 0.3 is 0 Å². The van der Waals surface area contributed by atoms with Crippen molar-refractivity contribution in [2.24, 2.45) is 0 Å². The Balaban J connectivity index is 1.23. The zero-order chi connectivity index (χ0) is 30.2. The predicted octanol–water partition coefficient (Wildman–Crippen LogP) is 12.5. The Morgan fingerprint density at radius 1 is 0.391 bits per heavy atom. The molecule has 0 aliphatic heterocycles. The summed E-state index contributed by atoms with van der Waals surface area (Å²) in [5, 5.41) is 9.12. The molecule has 0 saturated heterocycles. The van der Waals surface area contributed by atoms with Crippen LogP contribution in [0.15, 0.2) is 165 Å². The Labute approximate surface area is 263 Å². The minimum Gasteiger partial charge on any atom is -0.464 e. The number of fused-ring (bicyclic) bond motifs is 9. The van der Waals surface area contributed by atoms with Gasteiger partial charge < -0.3 is 18.2 Å². The van der Waals surface area contributed by atoms with Gasteiger partial charge in [-0.25, -0.2) is 0 Å². The first kappa shape index (κ1) is 25.1. The van der Waals surface area contributed by atoms with Crippen LogP contribution in [0.5, 0.6) is 0 Å². The van der Waals surface area contributed by atoms with Crippen LogP contribution in [0, 0.1) is 0 Å². The van der Waals surface area contributed by atoms with E-state index in [1.165, 1.54) is 21.5 Å². The average molecular weight is 592 g/mol. The Morgan fingerprint density at radius 3 is 1.78 bits per heavy atom. The molecule has 0 aliphatic carbocycles. The number of benzene rings is 7. The molecule has 0 fully saturated rings. The molecule has 0 amide bonds. The molecule has 0 saturated carbocycles. The van der Waals surface area contributed by atoms with Crippen LogP contribution < -0.4 is 4.90 Å². The SMILES string of the molecule is c1coc(-c2ccc3oc4cc(N(c5ccc6c(c5)oc5ccccc56)c5cc6ccccc6c6ccccc56)ccc4c3c2)c1. The fraction of sp³-hybridized carbons (Fsp3) is 0. The van der Waals surface area contributed by atoms with Crippen LogP contribution in [0.25, 0.3) is 76.7 Å². The van der Waals surface area contributed by atoms with E-state index in [0.29, 0.717) is 0 Å². The van der Waals surface area contributed by atoms with E-state index in [0.717, 1.165) is 72.3 Å². The molecule has 216 valence electrons. The first-order chi connectivity index (χ1) is 22.8. The van der Waals surface area contributed by atoms with Crippen LogP contribution in [0.1, 0.15) is 0 Å². The average Bonchev–Trinajstić information content (AvgIpc) is 3.85. The van der Waals surface area contributed by atoms with Crippen LogP contribution in [-0.2, 0) is 0 Å². The van der Waals surface area contributed by atoms with E-state index in [4.69, 9.17) is 13.3 Å². The third kappa shape index (κ3) is 3.74. The number of furan rings is 3. The highest BCUT2D eigenvalue weighted by Gasteiger charge is 2.20. The lowest BCUT2D eigenvalue weighted by molar-refractivity contribution is 0.582. The van der Waals surface area contributed by atoms with Gasteiger partial charge in [-0.05, 0) is 82.9 Å². The standard InChI is InChI=1S/C42H25NO3/c1-2-9-30-26(8-1)23-37(32-11-4-3-10-31(30)32)43(28-16-18-34-33-12-5-6-13-39(33)45-41(34)24-28)29-17-19-35-36-22-27(38-14-7-21-44-38)15-20-40(36)46-42(35)25-29/h1-25H. The zero-order valence-corrected chi connectivity index (χ0v) is 24.6. The zero-order valence-electron chi connectivity index (χ0n) is 24.6. The summed E-state index contributed by atoms with van der Waals surface area (Å²) in [6.45, 7) is 0. The van der Waals surface area contributed by atoms with Crippen LogP contribution >= 0.6 is 0 Å². The summed E-state index contributed by atoms with van der Waals surface area (Å²) < 4.78 is 18.5. The van der Waals surface area contributed by atoms with E-state index < -0.39 is 0 Å². The predicted molar refractivity (Wildman–Crippen MR) is 188 cm³/mol. The minimum atomic E-state index is 0.823. The van der Waals surface area contributed by atoms with Crippen molar-refractivity contribution in [1.82, 2.24) is 0 Å². The van der Waals surface area contributed by atoms with Gasteiger partial charge in [-0.2, -0.15) is 0 Å². The van der Waals surface area contributed by atoms with E-state index in [9.17, 15) is 0 Å². The normalized spacial score (nSPS) is 11.9. The van der Waals surface area contributed by atoms with Crippen molar-refractivity contribution in [1.29, 1.82) is 0 Å². The topological polar surface area (TPSA) is 42.7 Å². The maximum atomic E-state index is 6.48. The molecule has 0 bridgehead atoms. The number of nitrogens with zero attached hydrogens (tertiary/aromatic N) is 1. The van der Waals surface area contributed by atoms with Crippen molar-refractivity contribution in [2.45, 2.75) is 0 Å². The minimum absolute atomic E-state index is 0.823.